The molecule has 110 valence electrons. The van der Waals surface area contributed by atoms with Crippen LogP contribution < -0.4 is 0 Å². The van der Waals surface area contributed by atoms with Gasteiger partial charge in [-0.05, 0) is 6.42 Å². The van der Waals surface area contributed by atoms with Crippen molar-refractivity contribution in [3.05, 3.63) is 71.8 Å². The second-order valence-corrected chi connectivity index (χ2v) is 4.76. The van der Waals surface area contributed by atoms with Crippen LogP contribution in [0.25, 0.3) is 0 Å². The summed E-state index contributed by atoms with van der Waals surface area (Å²) in [5.74, 6) is -1.01. The van der Waals surface area contributed by atoms with Gasteiger partial charge >= 0.3 is 5.97 Å². The van der Waals surface area contributed by atoms with Crippen molar-refractivity contribution in [1.82, 2.24) is 0 Å². The standard InChI is InChI=1S/C18H16N2O2/c19-13-7-12-16(18(21)22)20-17(14-8-3-1-4-9-14)15-10-5-2-6-11-15/h1-6,8-11,16H,7,12H2,(H,21,22). The van der Waals surface area contributed by atoms with E-state index in [1.807, 2.05) is 66.7 Å². The fourth-order valence-electron chi connectivity index (χ4n) is 2.11. The highest BCUT2D eigenvalue weighted by Gasteiger charge is 2.18. The number of rotatable bonds is 6. The summed E-state index contributed by atoms with van der Waals surface area (Å²) in [7, 11) is 0. The van der Waals surface area contributed by atoms with Crippen LogP contribution in [0.3, 0.4) is 0 Å². The molecule has 0 bridgehead atoms. The summed E-state index contributed by atoms with van der Waals surface area (Å²) in [5.41, 5.74) is 2.35. The van der Waals surface area contributed by atoms with Crippen LogP contribution in [0.2, 0.25) is 0 Å². The maximum Gasteiger partial charge on any atom is 0.328 e. The van der Waals surface area contributed by atoms with Crippen LogP contribution in [0.15, 0.2) is 65.7 Å². The third kappa shape index (κ3) is 4.03. The van der Waals surface area contributed by atoms with Crippen LogP contribution in [0.5, 0.6) is 0 Å². The second-order valence-electron chi connectivity index (χ2n) is 4.76. The Morgan fingerprint density at radius 2 is 1.55 bits per heavy atom. The Hall–Kier alpha value is -2.93. The molecular weight excluding hydrogens is 276 g/mol. The van der Waals surface area contributed by atoms with Crippen LogP contribution in [0.4, 0.5) is 0 Å². The van der Waals surface area contributed by atoms with E-state index in [0.717, 1.165) is 11.1 Å². The third-order valence-corrected chi connectivity index (χ3v) is 3.19. The molecule has 0 fully saturated rings. The highest BCUT2D eigenvalue weighted by Crippen LogP contribution is 2.14. The molecule has 0 amide bonds. The van der Waals surface area contributed by atoms with Gasteiger partial charge in [0.2, 0.25) is 0 Å². The van der Waals surface area contributed by atoms with Crippen LogP contribution in [0.1, 0.15) is 24.0 Å². The van der Waals surface area contributed by atoms with Crippen molar-refractivity contribution in [3.63, 3.8) is 0 Å². The molecule has 1 unspecified atom stereocenters. The molecular formula is C18H16N2O2. The first kappa shape index (κ1) is 15.5. The number of aliphatic imine (C=N–C) groups is 1. The smallest absolute Gasteiger partial charge is 0.328 e. The van der Waals surface area contributed by atoms with Crippen molar-refractivity contribution in [2.24, 2.45) is 4.99 Å². The average molecular weight is 292 g/mol. The molecule has 1 atom stereocenters. The van der Waals surface area contributed by atoms with Crippen molar-refractivity contribution in [1.29, 1.82) is 5.26 Å². The Morgan fingerprint density at radius 1 is 1.05 bits per heavy atom. The van der Waals surface area contributed by atoms with E-state index >= 15 is 0 Å². The SMILES string of the molecule is N#CCCC(N=C(c1ccccc1)c1ccccc1)C(=O)O. The molecule has 0 heterocycles. The van der Waals surface area contributed by atoms with Crippen LogP contribution in [-0.4, -0.2) is 22.8 Å². The highest BCUT2D eigenvalue weighted by molar-refractivity contribution is 6.13. The Bertz CT molecular complexity index is 647. The average Bonchev–Trinajstić information content (AvgIpc) is 2.56. The van der Waals surface area contributed by atoms with E-state index in [2.05, 4.69) is 4.99 Å². The number of nitriles is 1. The van der Waals surface area contributed by atoms with Crippen LogP contribution in [0, 0.1) is 11.3 Å². The molecule has 0 saturated heterocycles. The first-order valence-electron chi connectivity index (χ1n) is 7.00. The first-order valence-corrected chi connectivity index (χ1v) is 7.00. The lowest BCUT2D eigenvalue weighted by Crippen LogP contribution is -2.20. The van der Waals surface area contributed by atoms with Gasteiger partial charge in [-0.3, -0.25) is 4.99 Å². The Balaban J connectivity index is 2.46. The fraction of sp³-hybridized carbons (Fsp3) is 0.167. The van der Waals surface area contributed by atoms with E-state index in [9.17, 15) is 9.90 Å². The van der Waals surface area contributed by atoms with Crippen molar-refractivity contribution in [2.75, 3.05) is 0 Å². The van der Waals surface area contributed by atoms with Gasteiger partial charge < -0.3 is 5.11 Å². The third-order valence-electron chi connectivity index (χ3n) is 3.19. The Labute approximate surface area is 129 Å². The van der Waals surface area contributed by atoms with Gasteiger partial charge in [-0.1, -0.05) is 60.7 Å². The summed E-state index contributed by atoms with van der Waals surface area (Å²) in [6, 6.07) is 20.0. The number of carbonyl (C=O) groups is 1. The maximum atomic E-state index is 11.4. The molecule has 0 aliphatic rings. The summed E-state index contributed by atoms with van der Waals surface area (Å²) >= 11 is 0. The molecule has 0 aliphatic carbocycles. The number of nitrogens with zero attached hydrogens (tertiary/aromatic N) is 2. The molecule has 0 saturated carbocycles. The number of carboxylic acid groups (broad SMARTS) is 1. The molecule has 4 nitrogen and oxygen atoms in total. The van der Waals surface area contributed by atoms with Gasteiger partial charge in [0.1, 0.15) is 6.04 Å². The molecule has 22 heavy (non-hydrogen) atoms. The van der Waals surface area contributed by atoms with E-state index in [-0.39, 0.29) is 12.8 Å². The molecule has 0 spiro atoms. The molecule has 2 rings (SSSR count). The lowest BCUT2D eigenvalue weighted by molar-refractivity contribution is -0.138. The summed E-state index contributed by atoms with van der Waals surface area (Å²) in [6.07, 6.45) is 0.367. The van der Waals surface area contributed by atoms with E-state index in [4.69, 9.17) is 5.26 Å². The van der Waals surface area contributed by atoms with Gasteiger partial charge in [0.05, 0.1) is 11.8 Å². The summed E-state index contributed by atoms with van der Waals surface area (Å²) in [4.78, 5) is 15.8. The van der Waals surface area contributed by atoms with Crippen LogP contribution in [-0.2, 0) is 4.79 Å². The lowest BCUT2D eigenvalue weighted by atomic mass is 10.0. The molecule has 0 aliphatic heterocycles. The molecule has 2 aromatic rings. The zero-order valence-electron chi connectivity index (χ0n) is 12.0. The molecule has 0 aromatic heterocycles. The molecule has 0 radical (unpaired) electrons. The van der Waals surface area contributed by atoms with E-state index < -0.39 is 12.0 Å². The molecule has 1 N–H and O–H groups in total. The van der Waals surface area contributed by atoms with Crippen molar-refractivity contribution < 1.29 is 9.90 Å². The summed E-state index contributed by atoms with van der Waals surface area (Å²) < 4.78 is 0. The maximum absolute atomic E-state index is 11.4. The quantitative estimate of drug-likeness (QED) is 0.830. The van der Waals surface area contributed by atoms with Crippen LogP contribution >= 0.6 is 0 Å². The van der Waals surface area contributed by atoms with Gasteiger partial charge in [-0.15, -0.1) is 0 Å². The van der Waals surface area contributed by atoms with E-state index in [1.54, 1.807) is 0 Å². The number of hydrogen-bond acceptors (Lipinski definition) is 3. The fourth-order valence-corrected chi connectivity index (χ4v) is 2.11. The lowest BCUT2D eigenvalue weighted by Gasteiger charge is -2.11. The number of carboxylic acids is 1. The van der Waals surface area contributed by atoms with Gasteiger partial charge in [0.15, 0.2) is 0 Å². The molecule has 4 heteroatoms. The zero-order chi connectivity index (χ0) is 15.8. The monoisotopic (exact) mass is 292 g/mol. The second kappa shape index (κ2) is 7.75. The normalized spacial score (nSPS) is 11.2. The first-order chi connectivity index (χ1) is 10.7. The van der Waals surface area contributed by atoms with Crippen molar-refractivity contribution in [3.8, 4) is 6.07 Å². The highest BCUT2D eigenvalue weighted by atomic mass is 16.4. The van der Waals surface area contributed by atoms with Crippen molar-refractivity contribution >= 4 is 11.7 Å². The van der Waals surface area contributed by atoms with E-state index in [0.29, 0.717) is 5.71 Å². The topological polar surface area (TPSA) is 73.5 Å². The molecule has 2 aromatic carbocycles. The minimum absolute atomic E-state index is 0.164. The zero-order valence-corrected chi connectivity index (χ0v) is 12.0. The largest absolute Gasteiger partial charge is 0.480 e. The minimum Gasteiger partial charge on any atom is -0.480 e. The number of aliphatic carboxylic acids is 1. The van der Waals surface area contributed by atoms with Gasteiger partial charge in [0, 0.05) is 17.5 Å². The minimum atomic E-state index is -1.01. The van der Waals surface area contributed by atoms with Crippen molar-refractivity contribution in [2.45, 2.75) is 18.9 Å². The van der Waals surface area contributed by atoms with Gasteiger partial charge in [0.25, 0.3) is 0 Å². The predicted molar refractivity (Wildman–Crippen MR) is 84.8 cm³/mol. The predicted octanol–water partition coefficient (Wildman–Crippen LogP) is 3.28. The summed E-state index contributed by atoms with van der Waals surface area (Å²) in [5, 5.41) is 18.0. The van der Waals surface area contributed by atoms with Gasteiger partial charge in [-0.2, -0.15) is 5.26 Å². The Morgan fingerprint density at radius 3 is 1.95 bits per heavy atom. The van der Waals surface area contributed by atoms with E-state index in [1.165, 1.54) is 0 Å². The van der Waals surface area contributed by atoms with Gasteiger partial charge in [-0.25, -0.2) is 4.79 Å². The number of hydrogen-bond donors (Lipinski definition) is 1. The number of benzene rings is 2. The summed E-state index contributed by atoms with van der Waals surface area (Å²) in [6.45, 7) is 0. The Kier molecular flexibility index (Phi) is 5.44.